The minimum Gasteiger partial charge on any atom is -0.379 e. The van der Waals surface area contributed by atoms with Crippen molar-refractivity contribution in [3.8, 4) is 6.07 Å². The molecule has 0 aliphatic rings. The van der Waals surface area contributed by atoms with E-state index in [0.717, 1.165) is 11.1 Å². The predicted molar refractivity (Wildman–Crippen MR) is 136 cm³/mol. The Labute approximate surface area is 214 Å². The van der Waals surface area contributed by atoms with Crippen LogP contribution in [0, 0.1) is 11.3 Å². The lowest BCUT2D eigenvalue weighted by Crippen LogP contribution is -2.26. The van der Waals surface area contributed by atoms with Crippen LogP contribution in [0.4, 0.5) is 5.69 Å². The number of nitrogens with zero attached hydrogens (tertiary/aromatic N) is 2. The molecule has 196 valence electrons. The first-order valence-corrected chi connectivity index (χ1v) is 12.6. The summed E-state index contributed by atoms with van der Waals surface area (Å²) in [6, 6.07) is 7.24. The molecule has 0 radical (unpaired) electrons. The molecule has 0 aliphatic carbocycles. The number of ether oxygens (including phenoxy) is 3. The second-order valence-electron chi connectivity index (χ2n) is 7.74. The van der Waals surface area contributed by atoms with E-state index in [4.69, 9.17) is 19.5 Å². The van der Waals surface area contributed by atoms with Gasteiger partial charge in [-0.2, -0.15) is 5.26 Å². The maximum absolute atomic E-state index is 12.1. The van der Waals surface area contributed by atoms with Gasteiger partial charge in [0.2, 0.25) is 17.7 Å². The van der Waals surface area contributed by atoms with Crippen molar-refractivity contribution >= 4 is 45.0 Å². The number of aromatic nitrogens is 1. The van der Waals surface area contributed by atoms with Crippen LogP contribution >= 0.6 is 11.3 Å². The van der Waals surface area contributed by atoms with Gasteiger partial charge in [0.15, 0.2) is 5.01 Å². The van der Waals surface area contributed by atoms with Crippen molar-refractivity contribution in [2.45, 2.75) is 32.6 Å². The van der Waals surface area contributed by atoms with Gasteiger partial charge in [-0.3, -0.25) is 14.4 Å². The van der Waals surface area contributed by atoms with Crippen LogP contribution in [-0.2, 0) is 28.6 Å². The number of thiazole rings is 1. The third kappa shape index (κ3) is 12.6. The zero-order valence-electron chi connectivity index (χ0n) is 20.5. The van der Waals surface area contributed by atoms with E-state index in [9.17, 15) is 14.4 Å². The lowest BCUT2D eigenvalue weighted by Gasteiger charge is -2.08. The molecule has 12 heteroatoms. The third-order valence-corrected chi connectivity index (χ3v) is 5.64. The molecular weight excluding hydrogens is 486 g/mol. The Bertz CT molecular complexity index is 1020. The number of hydrogen-bond donors (Lipinski definition) is 3. The molecule has 0 aliphatic heterocycles. The van der Waals surface area contributed by atoms with Crippen molar-refractivity contribution in [2.75, 3.05) is 58.0 Å². The molecule has 11 nitrogen and oxygen atoms in total. The highest BCUT2D eigenvalue weighted by atomic mass is 32.1. The first-order chi connectivity index (χ1) is 17.5. The Morgan fingerprint density at radius 1 is 0.917 bits per heavy atom. The van der Waals surface area contributed by atoms with E-state index >= 15 is 0 Å². The summed E-state index contributed by atoms with van der Waals surface area (Å²) >= 11 is 1.26. The summed E-state index contributed by atoms with van der Waals surface area (Å²) in [6.07, 6.45) is 1.59. The summed E-state index contributed by atoms with van der Waals surface area (Å²) in [5.74, 6) is -0.490. The fourth-order valence-corrected chi connectivity index (χ4v) is 3.77. The SMILES string of the molecule is CC(=O)NCCCOCCOCCOCCCNC(=O)CCC(=O)Nc1ccc2nc(C#N)sc2c1. The minimum absolute atomic E-state index is 0.0409. The van der Waals surface area contributed by atoms with Gasteiger partial charge in [-0.05, 0) is 31.0 Å². The second kappa shape index (κ2) is 17.3. The average molecular weight is 520 g/mol. The Morgan fingerprint density at radius 2 is 1.53 bits per heavy atom. The number of nitrogens with one attached hydrogen (secondary N) is 3. The summed E-state index contributed by atoms with van der Waals surface area (Å²) in [5.41, 5.74) is 1.32. The molecule has 2 rings (SSSR count). The molecular formula is C24H33N5O6S. The van der Waals surface area contributed by atoms with E-state index in [0.29, 0.717) is 75.4 Å². The van der Waals surface area contributed by atoms with Gasteiger partial charge in [0.1, 0.15) is 6.07 Å². The Balaban J connectivity index is 1.40. The Morgan fingerprint density at radius 3 is 2.17 bits per heavy atom. The first-order valence-electron chi connectivity index (χ1n) is 11.8. The first kappa shape index (κ1) is 29.1. The summed E-state index contributed by atoms with van der Waals surface area (Å²) in [7, 11) is 0. The molecule has 0 unspecified atom stereocenters. The Kier molecular flexibility index (Phi) is 14.0. The highest BCUT2D eigenvalue weighted by molar-refractivity contribution is 7.19. The molecule has 36 heavy (non-hydrogen) atoms. The molecule has 0 spiro atoms. The number of carbonyl (C=O) groups is 3. The van der Waals surface area contributed by atoms with Crippen molar-refractivity contribution < 1.29 is 28.6 Å². The van der Waals surface area contributed by atoms with Crippen LogP contribution in [0.5, 0.6) is 0 Å². The fourth-order valence-electron chi connectivity index (χ4n) is 2.97. The van der Waals surface area contributed by atoms with Gasteiger partial charge in [0.25, 0.3) is 0 Å². The van der Waals surface area contributed by atoms with Crippen LogP contribution in [0.2, 0.25) is 0 Å². The van der Waals surface area contributed by atoms with Crippen molar-refractivity contribution in [2.24, 2.45) is 0 Å². The van der Waals surface area contributed by atoms with Crippen LogP contribution in [0.25, 0.3) is 10.2 Å². The molecule has 0 saturated heterocycles. The highest BCUT2D eigenvalue weighted by Gasteiger charge is 2.09. The fraction of sp³-hybridized carbons (Fsp3) is 0.542. The third-order valence-electron chi connectivity index (χ3n) is 4.72. The monoisotopic (exact) mass is 519 g/mol. The molecule has 3 amide bonds. The minimum atomic E-state index is -0.256. The second-order valence-corrected chi connectivity index (χ2v) is 8.77. The number of fused-ring (bicyclic) bond motifs is 1. The summed E-state index contributed by atoms with van der Waals surface area (Å²) < 4.78 is 17.1. The largest absolute Gasteiger partial charge is 0.379 e. The van der Waals surface area contributed by atoms with E-state index in [2.05, 4.69) is 20.9 Å². The van der Waals surface area contributed by atoms with Gasteiger partial charge in [-0.15, -0.1) is 11.3 Å². The maximum atomic E-state index is 12.1. The van der Waals surface area contributed by atoms with E-state index in [1.807, 2.05) is 6.07 Å². The number of benzene rings is 1. The zero-order valence-corrected chi connectivity index (χ0v) is 21.3. The smallest absolute Gasteiger partial charge is 0.224 e. The highest BCUT2D eigenvalue weighted by Crippen LogP contribution is 2.24. The average Bonchev–Trinajstić information content (AvgIpc) is 3.27. The van der Waals surface area contributed by atoms with Crippen molar-refractivity contribution in [3.05, 3.63) is 23.2 Å². The number of amides is 3. The van der Waals surface area contributed by atoms with Gasteiger partial charge in [0, 0.05) is 51.8 Å². The number of rotatable bonds is 18. The van der Waals surface area contributed by atoms with E-state index in [1.54, 1.807) is 18.2 Å². The zero-order chi connectivity index (χ0) is 26.0. The number of hydrogen-bond acceptors (Lipinski definition) is 9. The Hall–Kier alpha value is -3.11. The summed E-state index contributed by atoms with van der Waals surface area (Å²) in [5, 5.41) is 17.5. The van der Waals surface area contributed by atoms with Gasteiger partial charge >= 0.3 is 0 Å². The van der Waals surface area contributed by atoms with E-state index in [1.165, 1.54) is 18.3 Å². The van der Waals surface area contributed by atoms with Gasteiger partial charge in [-0.25, -0.2) is 4.98 Å². The van der Waals surface area contributed by atoms with Gasteiger partial charge in [-0.1, -0.05) is 0 Å². The summed E-state index contributed by atoms with van der Waals surface area (Å²) in [6.45, 7) is 5.53. The predicted octanol–water partition coefficient (Wildman–Crippen LogP) is 1.97. The van der Waals surface area contributed by atoms with Crippen molar-refractivity contribution in [1.29, 1.82) is 5.26 Å². The van der Waals surface area contributed by atoms with Crippen LogP contribution in [0.3, 0.4) is 0 Å². The van der Waals surface area contributed by atoms with Gasteiger partial charge < -0.3 is 30.2 Å². The van der Waals surface area contributed by atoms with Crippen LogP contribution < -0.4 is 16.0 Å². The number of nitriles is 1. The number of anilines is 1. The van der Waals surface area contributed by atoms with E-state index < -0.39 is 0 Å². The topological polar surface area (TPSA) is 152 Å². The van der Waals surface area contributed by atoms with Crippen LogP contribution in [0.1, 0.15) is 37.6 Å². The molecule has 0 fully saturated rings. The lowest BCUT2D eigenvalue weighted by atomic mass is 10.2. The molecule has 2 aromatic rings. The lowest BCUT2D eigenvalue weighted by molar-refractivity contribution is -0.124. The molecule has 3 N–H and O–H groups in total. The number of carbonyl (C=O) groups excluding carboxylic acids is 3. The maximum Gasteiger partial charge on any atom is 0.224 e. The molecule has 0 atom stereocenters. The van der Waals surface area contributed by atoms with Crippen LogP contribution in [-0.4, -0.2) is 75.4 Å². The molecule has 0 saturated carbocycles. The van der Waals surface area contributed by atoms with Gasteiger partial charge in [0.05, 0.1) is 36.6 Å². The normalized spacial score (nSPS) is 10.7. The quantitative estimate of drug-likeness (QED) is 0.253. The molecule has 1 heterocycles. The van der Waals surface area contributed by atoms with E-state index in [-0.39, 0.29) is 30.6 Å². The molecule has 0 bridgehead atoms. The molecule has 1 aromatic heterocycles. The summed E-state index contributed by atoms with van der Waals surface area (Å²) in [4.78, 5) is 38.9. The standard InChI is InChI=1S/C24H33N5O6S/c1-18(30)26-8-2-10-33-12-14-35-15-13-34-11-3-9-27-22(31)6-7-23(32)28-19-4-5-20-21(16-19)36-24(17-25)29-20/h4-5,16H,2-3,6-15H2,1H3,(H,26,30)(H,27,31)(H,28,32). The van der Waals surface area contributed by atoms with Crippen LogP contribution in [0.15, 0.2) is 18.2 Å². The molecule has 1 aromatic carbocycles. The van der Waals surface area contributed by atoms with Crippen molar-refractivity contribution in [3.63, 3.8) is 0 Å². The van der Waals surface area contributed by atoms with Crippen molar-refractivity contribution in [1.82, 2.24) is 15.6 Å².